The fourth-order valence-corrected chi connectivity index (χ4v) is 2.52. The minimum absolute atomic E-state index is 0.0169. The Balaban J connectivity index is 1.69. The Hall–Kier alpha value is -3.95. The van der Waals surface area contributed by atoms with Gasteiger partial charge in [-0.3, -0.25) is 9.59 Å². The number of para-hydroxylation sites is 3. The van der Waals surface area contributed by atoms with E-state index in [2.05, 4.69) is 20.9 Å². The number of aromatic nitrogens is 3. The first-order chi connectivity index (χ1) is 14.0. The summed E-state index contributed by atoms with van der Waals surface area (Å²) in [5.74, 6) is -1.36. The first kappa shape index (κ1) is 19.8. The molecule has 0 unspecified atom stereocenters. The minimum atomic E-state index is -0.735. The Labute approximate surface area is 165 Å². The van der Waals surface area contributed by atoms with Gasteiger partial charge >= 0.3 is 0 Å². The van der Waals surface area contributed by atoms with Crippen molar-refractivity contribution in [3.05, 3.63) is 60.0 Å². The van der Waals surface area contributed by atoms with Gasteiger partial charge < -0.3 is 21.1 Å². The Morgan fingerprint density at radius 3 is 2.52 bits per heavy atom. The highest BCUT2D eigenvalue weighted by atomic mass is 19.1. The van der Waals surface area contributed by atoms with Crippen LogP contribution in [-0.2, 0) is 11.3 Å². The monoisotopic (exact) mass is 398 g/mol. The predicted molar refractivity (Wildman–Crippen MR) is 105 cm³/mol. The van der Waals surface area contributed by atoms with Crippen molar-refractivity contribution < 1.29 is 18.7 Å². The van der Waals surface area contributed by atoms with Crippen molar-refractivity contribution in [2.75, 3.05) is 23.0 Å². The number of rotatable bonds is 7. The van der Waals surface area contributed by atoms with E-state index in [1.807, 2.05) is 6.92 Å². The van der Waals surface area contributed by atoms with Gasteiger partial charge in [0.05, 0.1) is 18.0 Å². The number of anilines is 3. The largest absolute Gasteiger partial charge is 0.492 e. The topological polar surface area (TPSA) is 124 Å². The molecule has 29 heavy (non-hydrogen) atoms. The van der Waals surface area contributed by atoms with Gasteiger partial charge in [-0.15, -0.1) is 5.10 Å². The van der Waals surface area contributed by atoms with Crippen LogP contribution in [0.5, 0.6) is 5.75 Å². The van der Waals surface area contributed by atoms with Gasteiger partial charge in [-0.2, -0.15) is 0 Å². The number of benzene rings is 2. The van der Waals surface area contributed by atoms with Crippen LogP contribution < -0.4 is 21.1 Å². The third-order valence-corrected chi connectivity index (χ3v) is 3.86. The number of nitrogen functional groups attached to an aromatic ring is 1. The molecule has 0 saturated heterocycles. The molecule has 4 N–H and O–H groups in total. The summed E-state index contributed by atoms with van der Waals surface area (Å²) in [6.45, 7) is 2.01. The molecule has 0 atom stereocenters. The average molecular weight is 398 g/mol. The number of hydrogen-bond donors (Lipinski definition) is 3. The van der Waals surface area contributed by atoms with Crippen molar-refractivity contribution in [3.63, 3.8) is 0 Å². The summed E-state index contributed by atoms with van der Waals surface area (Å²) in [6, 6.07) is 12.7. The van der Waals surface area contributed by atoms with Gasteiger partial charge in [-0.05, 0) is 31.2 Å². The van der Waals surface area contributed by atoms with Gasteiger partial charge in [-0.25, -0.2) is 9.07 Å². The van der Waals surface area contributed by atoms with E-state index in [9.17, 15) is 14.0 Å². The van der Waals surface area contributed by atoms with Gasteiger partial charge in [0.15, 0.2) is 11.5 Å². The van der Waals surface area contributed by atoms with Crippen molar-refractivity contribution >= 4 is 29.0 Å². The standard InChI is InChI=1S/C19H19FN6O3/c1-2-29-15-10-6-5-9-14(15)22-16(27)11-26-18(21)17(24-25-26)19(28)23-13-8-4-3-7-12(13)20/h3-10H,2,11,21H2,1H3,(H,22,27)(H,23,28). The third-order valence-electron chi connectivity index (χ3n) is 3.86. The Morgan fingerprint density at radius 1 is 1.10 bits per heavy atom. The molecule has 9 nitrogen and oxygen atoms in total. The Kier molecular flexibility index (Phi) is 6.03. The first-order valence-electron chi connectivity index (χ1n) is 8.76. The lowest BCUT2D eigenvalue weighted by Crippen LogP contribution is -2.22. The molecule has 1 heterocycles. The number of amides is 2. The zero-order valence-corrected chi connectivity index (χ0v) is 15.6. The molecule has 3 rings (SSSR count). The zero-order valence-electron chi connectivity index (χ0n) is 15.6. The number of ether oxygens (including phenoxy) is 1. The van der Waals surface area contributed by atoms with Gasteiger partial charge in [-0.1, -0.05) is 29.5 Å². The molecule has 0 spiro atoms. The van der Waals surface area contributed by atoms with Crippen LogP contribution in [-0.4, -0.2) is 33.4 Å². The van der Waals surface area contributed by atoms with E-state index in [1.54, 1.807) is 30.3 Å². The van der Waals surface area contributed by atoms with Crippen LogP contribution in [0.1, 0.15) is 17.4 Å². The van der Waals surface area contributed by atoms with Gasteiger partial charge in [0.25, 0.3) is 5.91 Å². The second-order valence-corrected chi connectivity index (χ2v) is 5.89. The molecule has 0 aliphatic carbocycles. The number of hydrogen-bond acceptors (Lipinski definition) is 6. The number of halogens is 1. The highest BCUT2D eigenvalue weighted by Gasteiger charge is 2.20. The molecule has 0 aliphatic heterocycles. The lowest BCUT2D eigenvalue weighted by molar-refractivity contribution is -0.116. The van der Waals surface area contributed by atoms with Crippen molar-refractivity contribution in [3.8, 4) is 5.75 Å². The maximum absolute atomic E-state index is 13.7. The van der Waals surface area contributed by atoms with Crippen LogP contribution in [0.25, 0.3) is 0 Å². The summed E-state index contributed by atoms with van der Waals surface area (Å²) in [4.78, 5) is 24.6. The molecule has 0 bridgehead atoms. The van der Waals surface area contributed by atoms with Gasteiger partial charge in [0, 0.05) is 0 Å². The normalized spacial score (nSPS) is 10.4. The van der Waals surface area contributed by atoms with E-state index in [1.165, 1.54) is 18.2 Å². The summed E-state index contributed by atoms with van der Waals surface area (Å²) < 4.78 is 20.2. The summed E-state index contributed by atoms with van der Waals surface area (Å²) in [7, 11) is 0. The molecule has 1 aromatic heterocycles. The molecular weight excluding hydrogens is 379 g/mol. The lowest BCUT2D eigenvalue weighted by Gasteiger charge is -2.11. The highest BCUT2D eigenvalue weighted by Crippen LogP contribution is 2.23. The van der Waals surface area contributed by atoms with E-state index in [4.69, 9.17) is 10.5 Å². The molecule has 10 heteroatoms. The molecule has 0 saturated carbocycles. The van der Waals surface area contributed by atoms with Gasteiger partial charge in [0.2, 0.25) is 5.91 Å². The van der Waals surface area contributed by atoms with E-state index in [0.717, 1.165) is 4.68 Å². The maximum Gasteiger partial charge on any atom is 0.280 e. The number of nitrogens with zero attached hydrogens (tertiary/aromatic N) is 3. The predicted octanol–water partition coefficient (Wildman–Crippen LogP) is 2.29. The van der Waals surface area contributed by atoms with Crippen LogP contribution >= 0.6 is 0 Å². The second kappa shape index (κ2) is 8.83. The van der Waals surface area contributed by atoms with E-state index < -0.39 is 17.6 Å². The number of carbonyl (C=O) groups is 2. The van der Waals surface area contributed by atoms with Crippen LogP contribution in [0, 0.1) is 5.82 Å². The third kappa shape index (κ3) is 4.67. The number of carbonyl (C=O) groups excluding carboxylic acids is 2. The molecule has 2 aromatic carbocycles. The summed E-state index contributed by atoms with van der Waals surface area (Å²) in [5, 5.41) is 12.5. The minimum Gasteiger partial charge on any atom is -0.492 e. The zero-order chi connectivity index (χ0) is 20.8. The summed E-state index contributed by atoms with van der Waals surface area (Å²) in [6.07, 6.45) is 0. The van der Waals surface area contributed by atoms with Gasteiger partial charge in [0.1, 0.15) is 18.1 Å². The SMILES string of the molecule is CCOc1ccccc1NC(=O)Cn1nnc(C(=O)Nc2ccccc2F)c1N. The summed E-state index contributed by atoms with van der Waals surface area (Å²) >= 11 is 0. The molecular formula is C19H19FN6O3. The van der Waals surface area contributed by atoms with Crippen molar-refractivity contribution in [1.82, 2.24) is 15.0 Å². The number of nitrogens with two attached hydrogens (primary N) is 1. The fraction of sp³-hybridized carbons (Fsp3) is 0.158. The van der Waals surface area contributed by atoms with E-state index in [-0.39, 0.29) is 23.7 Å². The Morgan fingerprint density at radius 2 is 1.79 bits per heavy atom. The van der Waals surface area contributed by atoms with Crippen LogP contribution in [0.4, 0.5) is 21.6 Å². The summed E-state index contributed by atoms with van der Waals surface area (Å²) in [5.41, 5.74) is 6.16. The molecule has 3 aromatic rings. The van der Waals surface area contributed by atoms with Crippen molar-refractivity contribution in [1.29, 1.82) is 0 Å². The molecule has 2 amide bonds. The fourth-order valence-electron chi connectivity index (χ4n) is 2.52. The van der Waals surface area contributed by atoms with Crippen LogP contribution in [0.3, 0.4) is 0 Å². The highest BCUT2D eigenvalue weighted by molar-refractivity contribution is 6.05. The molecule has 150 valence electrons. The van der Waals surface area contributed by atoms with E-state index >= 15 is 0 Å². The first-order valence-corrected chi connectivity index (χ1v) is 8.76. The van der Waals surface area contributed by atoms with Crippen molar-refractivity contribution in [2.24, 2.45) is 0 Å². The van der Waals surface area contributed by atoms with Crippen LogP contribution in [0.2, 0.25) is 0 Å². The lowest BCUT2D eigenvalue weighted by atomic mass is 10.3. The van der Waals surface area contributed by atoms with Crippen LogP contribution in [0.15, 0.2) is 48.5 Å². The molecule has 0 radical (unpaired) electrons. The molecule has 0 fully saturated rings. The maximum atomic E-state index is 13.7. The van der Waals surface area contributed by atoms with E-state index in [0.29, 0.717) is 18.0 Å². The molecule has 0 aliphatic rings. The number of nitrogens with one attached hydrogen (secondary N) is 2. The second-order valence-electron chi connectivity index (χ2n) is 5.89. The smallest absolute Gasteiger partial charge is 0.280 e. The van der Waals surface area contributed by atoms with Crippen molar-refractivity contribution in [2.45, 2.75) is 13.5 Å². The quantitative estimate of drug-likeness (QED) is 0.561. The Bertz CT molecular complexity index is 1040. The average Bonchev–Trinajstić information content (AvgIpc) is 3.06.